The molecule has 1 fully saturated rings. The van der Waals surface area contributed by atoms with Crippen LogP contribution in [0.4, 0.5) is 21.7 Å². The van der Waals surface area contributed by atoms with Crippen molar-refractivity contribution in [3.8, 4) is 0 Å². The first-order chi connectivity index (χ1) is 4.62. The van der Waals surface area contributed by atoms with E-state index in [1.165, 1.54) is 0 Å². The molecule has 1 atom stereocenters. The summed E-state index contributed by atoms with van der Waals surface area (Å²) in [4.78, 5) is 0. The van der Waals surface area contributed by atoms with Crippen LogP contribution in [0.15, 0.2) is 0 Å². The normalized spacial score (nSPS) is 30.8. The molecule has 0 N–H and O–H groups in total. The smallest absolute Gasteiger partial charge is 0.449 e. The van der Waals surface area contributed by atoms with Crippen LogP contribution >= 0.6 is 0 Å². The van der Waals surface area contributed by atoms with Gasteiger partial charge in [-0.05, 0) is 0 Å². The Morgan fingerprint density at radius 2 is 1.33 bits per heavy atom. The Bertz CT molecular complexity index is 173. The van der Waals surface area contributed by atoms with Crippen molar-refractivity contribution in [1.29, 1.82) is 0 Å². The van der Waals surface area contributed by atoms with Crippen LogP contribution in [0.3, 0.4) is 0 Å². The first-order valence-electron chi connectivity index (χ1n) is 3.19. The zero-order valence-electron chi connectivity index (χ0n) is 7.04. The predicted octanol–water partition coefficient (Wildman–Crippen LogP) is -0.117. The van der Waals surface area contributed by atoms with Gasteiger partial charge in [-0.3, -0.25) is 0 Å². The molecule has 0 aliphatic heterocycles. The van der Waals surface area contributed by atoms with Crippen molar-refractivity contribution < 1.29 is 73.1 Å². The Kier molecular flexibility index (Phi) is 3.54. The molecule has 1 rings (SSSR count). The summed E-state index contributed by atoms with van der Waals surface area (Å²) >= 11 is 0. The van der Waals surface area contributed by atoms with Crippen molar-refractivity contribution in [2.45, 2.75) is 25.6 Å². The van der Waals surface area contributed by atoms with Gasteiger partial charge in [-0.15, -0.1) is 0 Å². The fourth-order valence-corrected chi connectivity index (χ4v) is 1.40. The monoisotopic (exact) mass is 212 g/mol. The zero-order valence-corrected chi connectivity index (χ0v) is 10.2. The maximum absolute atomic E-state index is 12.4. The summed E-state index contributed by atoms with van der Waals surface area (Å²) in [6.07, 6.45) is 0. The summed E-state index contributed by atoms with van der Waals surface area (Å²) in [5, 5.41) is 0. The third-order valence-electron chi connectivity index (χ3n) is 2.32. The van der Waals surface area contributed by atoms with Crippen LogP contribution in [0.1, 0.15) is 13.8 Å². The molecule has 0 saturated heterocycles. The van der Waals surface area contributed by atoms with Gasteiger partial charge in [-0.2, -0.15) is 0 Å². The molecule has 0 amide bonds. The van der Waals surface area contributed by atoms with E-state index in [9.17, 15) is 21.7 Å². The van der Waals surface area contributed by atoms with E-state index in [-0.39, 0.29) is 51.4 Å². The average molecular weight is 212 g/mol. The number of halogens is 5. The van der Waals surface area contributed by atoms with Gasteiger partial charge in [0.25, 0.3) is 0 Å². The van der Waals surface area contributed by atoms with Crippen molar-refractivity contribution in [2.24, 2.45) is 5.41 Å². The number of hydrogen-bond donors (Lipinski definition) is 0. The SMILES string of the molecule is CC1(C)C([B-](F)(F)F)C1(F)F.[K+]. The number of hydrogen-bond acceptors (Lipinski definition) is 0. The second-order valence-corrected chi connectivity index (χ2v) is 3.45. The molecule has 0 spiro atoms. The van der Waals surface area contributed by atoms with Gasteiger partial charge in [0.2, 0.25) is 5.92 Å². The molecule has 66 valence electrons. The van der Waals surface area contributed by atoms with E-state index in [2.05, 4.69) is 0 Å². The molecular formula is C5H7BF5K. The Morgan fingerprint density at radius 1 is 1.08 bits per heavy atom. The van der Waals surface area contributed by atoms with Gasteiger partial charge in [0.1, 0.15) is 0 Å². The average Bonchev–Trinajstić information content (AvgIpc) is 1.93. The summed E-state index contributed by atoms with van der Waals surface area (Å²) < 4.78 is 60.2. The van der Waals surface area contributed by atoms with E-state index in [0.717, 1.165) is 13.8 Å². The van der Waals surface area contributed by atoms with Crippen molar-refractivity contribution in [2.75, 3.05) is 0 Å². The molecule has 0 aromatic carbocycles. The fraction of sp³-hybridized carbons (Fsp3) is 1.00. The van der Waals surface area contributed by atoms with Gasteiger partial charge >= 0.3 is 58.4 Å². The van der Waals surface area contributed by atoms with E-state index in [1.54, 1.807) is 0 Å². The van der Waals surface area contributed by atoms with E-state index in [4.69, 9.17) is 0 Å². The topological polar surface area (TPSA) is 0 Å². The Morgan fingerprint density at radius 3 is 1.33 bits per heavy atom. The Labute approximate surface area is 110 Å². The van der Waals surface area contributed by atoms with Gasteiger partial charge in [-0.25, -0.2) is 8.78 Å². The maximum Gasteiger partial charge on any atom is 1.00 e. The standard InChI is InChI=1S/C5H7BF5.K/c1-4(2)3(5(4,7)8)6(9,10)11;/h3H,1-2H3;/q-1;+1. The minimum absolute atomic E-state index is 0. The molecule has 1 saturated carbocycles. The third kappa shape index (κ3) is 1.75. The second kappa shape index (κ2) is 3.19. The summed E-state index contributed by atoms with van der Waals surface area (Å²) in [7, 11) is 0. The van der Waals surface area contributed by atoms with Crippen molar-refractivity contribution in [1.82, 2.24) is 0 Å². The minimum atomic E-state index is -5.39. The second-order valence-electron chi connectivity index (χ2n) is 3.45. The van der Waals surface area contributed by atoms with Gasteiger partial charge in [-0.1, -0.05) is 13.8 Å². The van der Waals surface area contributed by atoms with Crippen LogP contribution < -0.4 is 51.4 Å². The number of alkyl halides is 2. The third-order valence-corrected chi connectivity index (χ3v) is 2.32. The summed E-state index contributed by atoms with van der Waals surface area (Å²) in [6, 6.07) is 0. The van der Waals surface area contributed by atoms with Crippen molar-refractivity contribution in [3.63, 3.8) is 0 Å². The zero-order chi connectivity index (χ0) is 9.08. The summed E-state index contributed by atoms with van der Waals surface area (Å²) in [5.41, 5.74) is -1.88. The largest absolute Gasteiger partial charge is 1.00 e. The first kappa shape index (κ1) is 13.4. The van der Waals surface area contributed by atoms with Crippen LogP contribution in [0.2, 0.25) is 5.82 Å². The van der Waals surface area contributed by atoms with Crippen LogP contribution in [0, 0.1) is 5.41 Å². The molecule has 0 nitrogen and oxygen atoms in total. The minimum Gasteiger partial charge on any atom is -0.449 e. The van der Waals surface area contributed by atoms with Gasteiger partial charge in [0, 0.05) is 11.2 Å². The predicted molar refractivity (Wildman–Crippen MR) is 31.6 cm³/mol. The van der Waals surface area contributed by atoms with Crippen molar-refractivity contribution >= 4 is 6.98 Å². The van der Waals surface area contributed by atoms with Gasteiger partial charge in [0.15, 0.2) is 0 Å². The van der Waals surface area contributed by atoms with Crippen molar-refractivity contribution in [3.05, 3.63) is 0 Å². The van der Waals surface area contributed by atoms with Crippen LogP contribution in [0.25, 0.3) is 0 Å². The van der Waals surface area contributed by atoms with E-state index in [0.29, 0.717) is 0 Å². The van der Waals surface area contributed by atoms with E-state index >= 15 is 0 Å². The fourth-order valence-electron chi connectivity index (χ4n) is 1.40. The molecule has 7 heteroatoms. The van der Waals surface area contributed by atoms with E-state index < -0.39 is 24.1 Å². The molecule has 0 radical (unpaired) electrons. The quantitative estimate of drug-likeness (QED) is 0.420. The first-order valence-corrected chi connectivity index (χ1v) is 3.19. The molecule has 0 heterocycles. The molecule has 0 aromatic rings. The molecule has 0 aromatic heterocycles. The molecular weight excluding hydrogens is 205 g/mol. The van der Waals surface area contributed by atoms with Crippen LogP contribution in [-0.2, 0) is 0 Å². The number of rotatable bonds is 1. The molecule has 1 aliphatic rings. The van der Waals surface area contributed by atoms with Gasteiger partial charge < -0.3 is 12.9 Å². The van der Waals surface area contributed by atoms with Crippen LogP contribution in [0.5, 0.6) is 0 Å². The molecule has 1 unspecified atom stereocenters. The summed E-state index contributed by atoms with van der Waals surface area (Å²) in [5.74, 6) is -5.94. The molecule has 12 heavy (non-hydrogen) atoms. The molecule has 1 aliphatic carbocycles. The van der Waals surface area contributed by atoms with Crippen LogP contribution in [-0.4, -0.2) is 12.9 Å². The Hall–Kier alpha value is 1.35. The maximum atomic E-state index is 12.4. The summed E-state index contributed by atoms with van der Waals surface area (Å²) in [6.45, 7) is -3.51. The van der Waals surface area contributed by atoms with Gasteiger partial charge in [0.05, 0.1) is 0 Å². The molecule has 0 bridgehead atoms. The Balaban J connectivity index is 0.00000121. The van der Waals surface area contributed by atoms with E-state index in [1.807, 2.05) is 0 Å².